The van der Waals surface area contributed by atoms with E-state index >= 15 is 0 Å². The van der Waals surface area contributed by atoms with E-state index in [1.807, 2.05) is 60.7 Å². The van der Waals surface area contributed by atoms with Crippen LogP contribution >= 0.6 is 0 Å². The Bertz CT molecular complexity index is 929. The Morgan fingerprint density at radius 2 is 1.79 bits per heavy atom. The van der Waals surface area contributed by atoms with Gasteiger partial charge in [-0.3, -0.25) is 4.79 Å². The van der Waals surface area contributed by atoms with Crippen molar-refractivity contribution in [2.75, 3.05) is 20.3 Å². The Morgan fingerprint density at radius 1 is 1.04 bits per heavy atom. The van der Waals surface area contributed by atoms with Gasteiger partial charge in [0.25, 0.3) is 0 Å². The molecule has 144 valence electrons. The molecular formula is C24H24O4. The number of Topliss-reactive ketones (excluding diaryl/α,β-unsaturated/α-hetero) is 1. The van der Waals surface area contributed by atoms with Gasteiger partial charge in [-0.2, -0.15) is 0 Å². The lowest BCUT2D eigenvalue weighted by atomic mass is 9.76. The Morgan fingerprint density at radius 3 is 2.57 bits per heavy atom. The number of benzene rings is 2. The van der Waals surface area contributed by atoms with E-state index in [9.17, 15) is 9.90 Å². The summed E-state index contributed by atoms with van der Waals surface area (Å²) in [4.78, 5) is 12.8. The van der Waals surface area contributed by atoms with Gasteiger partial charge >= 0.3 is 0 Å². The lowest BCUT2D eigenvalue weighted by Gasteiger charge is -2.36. The predicted octanol–water partition coefficient (Wildman–Crippen LogP) is 4.57. The Labute approximate surface area is 165 Å². The summed E-state index contributed by atoms with van der Waals surface area (Å²) in [5.41, 5.74) is 2.93. The molecule has 2 aliphatic carbocycles. The molecule has 0 heterocycles. The molecule has 0 bridgehead atoms. The molecule has 4 rings (SSSR count). The van der Waals surface area contributed by atoms with Gasteiger partial charge in [0.1, 0.15) is 17.1 Å². The molecule has 2 aliphatic rings. The maximum absolute atomic E-state index is 12.8. The van der Waals surface area contributed by atoms with Crippen molar-refractivity contribution in [3.63, 3.8) is 0 Å². The van der Waals surface area contributed by atoms with Crippen molar-refractivity contribution in [3.05, 3.63) is 78.1 Å². The third-order valence-corrected chi connectivity index (χ3v) is 5.60. The number of ether oxygens (including phenoxy) is 2. The van der Waals surface area contributed by atoms with Crippen molar-refractivity contribution < 1.29 is 19.4 Å². The highest BCUT2D eigenvalue weighted by Crippen LogP contribution is 2.49. The van der Waals surface area contributed by atoms with Gasteiger partial charge in [-0.15, -0.1) is 0 Å². The topological polar surface area (TPSA) is 55.8 Å². The Kier molecular flexibility index (Phi) is 5.16. The van der Waals surface area contributed by atoms with Crippen molar-refractivity contribution >= 4 is 11.4 Å². The molecule has 28 heavy (non-hydrogen) atoms. The van der Waals surface area contributed by atoms with Crippen LogP contribution in [-0.4, -0.2) is 36.8 Å². The summed E-state index contributed by atoms with van der Waals surface area (Å²) >= 11 is 0. The quantitative estimate of drug-likeness (QED) is 0.750. The molecule has 0 amide bonds. The fraction of sp³-hybridized carbons (Fsp3) is 0.292. The number of ketones is 1. The molecule has 4 nitrogen and oxygen atoms in total. The van der Waals surface area contributed by atoms with Gasteiger partial charge in [-0.05, 0) is 41.3 Å². The maximum Gasteiger partial charge on any atom is 0.143 e. The minimum Gasteiger partial charge on any atom is -0.508 e. The second kappa shape index (κ2) is 7.74. The predicted molar refractivity (Wildman–Crippen MR) is 109 cm³/mol. The first-order valence-electron chi connectivity index (χ1n) is 9.58. The van der Waals surface area contributed by atoms with Crippen LogP contribution in [0.1, 0.15) is 18.4 Å². The molecule has 1 fully saturated rings. The molecule has 2 aromatic carbocycles. The van der Waals surface area contributed by atoms with Crippen LogP contribution < -0.4 is 0 Å². The molecule has 0 saturated heterocycles. The van der Waals surface area contributed by atoms with Crippen LogP contribution in [0, 0.1) is 5.92 Å². The van der Waals surface area contributed by atoms with E-state index in [0.717, 1.165) is 16.7 Å². The number of allylic oxidation sites excluding steroid dienone is 1. The summed E-state index contributed by atoms with van der Waals surface area (Å²) in [6, 6.07) is 18.1. The van der Waals surface area contributed by atoms with Crippen molar-refractivity contribution in [1.82, 2.24) is 0 Å². The molecule has 0 aliphatic heterocycles. The fourth-order valence-corrected chi connectivity index (χ4v) is 4.25. The van der Waals surface area contributed by atoms with E-state index in [1.165, 1.54) is 0 Å². The van der Waals surface area contributed by atoms with E-state index in [1.54, 1.807) is 13.2 Å². The fourth-order valence-electron chi connectivity index (χ4n) is 4.25. The van der Waals surface area contributed by atoms with Crippen LogP contribution in [-0.2, 0) is 14.3 Å². The van der Waals surface area contributed by atoms with Gasteiger partial charge in [0.2, 0.25) is 0 Å². The van der Waals surface area contributed by atoms with Gasteiger partial charge in [-0.1, -0.05) is 48.5 Å². The standard InChI is InChI=1S/C24H24O4/c1-27-14-15-28-24-12-10-20(25)22(23(24)21(26)11-13-24)19-9-5-8-18(16-19)17-6-3-2-4-7-17/h2-10,12,16,23,25H,11,13-15H2,1H3. The largest absolute Gasteiger partial charge is 0.508 e. The molecule has 0 spiro atoms. The summed E-state index contributed by atoms with van der Waals surface area (Å²) in [7, 11) is 1.63. The normalized spacial score (nSPS) is 23.9. The van der Waals surface area contributed by atoms with E-state index in [0.29, 0.717) is 31.6 Å². The Balaban J connectivity index is 1.74. The number of rotatable bonds is 6. The maximum atomic E-state index is 12.8. The minimum absolute atomic E-state index is 0.105. The van der Waals surface area contributed by atoms with Crippen molar-refractivity contribution in [1.29, 1.82) is 0 Å². The van der Waals surface area contributed by atoms with Crippen molar-refractivity contribution in [2.24, 2.45) is 5.92 Å². The molecule has 2 unspecified atom stereocenters. The SMILES string of the molecule is COCCOC12C=CC(O)=C(c3cccc(-c4ccccc4)c3)C1C(=O)CC2. The second-order valence-corrected chi connectivity index (χ2v) is 7.27. The number of hydrogen-bond acceptors (Lipinski definition) is 4. The number of fused-ring (bicyclic) bond motifs is 1. The zero-order chi connectivity index (χ0) is 19.6. The summed E-state index contributed by atoms with van der Waals surface area (Å²) in [6.07, 6.45) is 4.58. The minimum atomic E-state index is -0.708. The second-order valence-electron chi connectivity index (χ2n) is 7.27. The molecule has 2 aromatic rings. The van der Waals surface area contributed by atoms with Crippen LogP contribution in [0.2, 0.25) is 0 Å². The molecule has 2 atom stereocenters. The number of aliphatic hydroxyl groups is 1. The highest BCUT2D eigenvalue weighted by molar-refractivity contribution is 5.99. The van der Waals surface area contributed by atoms with Gasteiger partial charge in [0.15, 0.2) is 0 Å². The number of methoxy groups -OCH3 is 1. The van der Waals surface area contributed by atoms with Gasteiger partial charge < -0.3 is 14.6 Å². The summed E-state index contributed by atoms with van der Waals surface area (Å²) in [6.45, 7) is 0.869. The van der Waals surface area contributed by atoms with E-state index < -0.39 is 11.5 Å². The average Bonchev–Trinajstić information content (AvgIpc) is 3.06. The van der Waals surface area contributed by atoms with Gasteiger partial charge in [0, 0.05) is 19.1 Å². The highest BCUT2D eigenvalue weighted by atomic mass is 16.5. The van der Waals surface area contributed by atoms with Crippen LogP contribution in [0.15, 0.2) is 72.5 Å². The van der Waals surface area contributed by atoms with Crippen molar-refractivity contribution in [2.45, 2.75) is 18.4 Å². The lowest BCUT2D eigenvalue weighted by molar-refractivity contribution is -0.123. The highest BCUT2D eigenvalue weighted by Gasteiger charge is 2.52. The van der Waals surface area contributed by atoms with Crippen LogP contribution in [0.5, 0.6) is 0 Å². The zero-order valence-electron chi connectivity index (χ0n) is 15.9. The number of aliphatic hydroxyl groups excluding tert-OH is 1. The molecule has 0 radical (unpaired) electrons. The Hall–Kier alpha value is -2.69. The smallest absolute Gasteiger partial charge is 0.143 e. The molecule has 1 saturated carbocycles. The van der Waals surface area contributed by atoms with E-state index in [4.69, 9.17) is 9.47 Å². The zero-order valence-corrected chi connectivity index (χ0v) is 15.9. The first-order chi connectivity index (χ1) is 13.6. The van der Waals surface area contributed by atoms with Crippen molar-refractivity contribution in [3.8, 4) is 11.1 Å². The monoisotopic (exact) mass is 376 g/mol. The summed E-state index contributed by atoms with van der Waals surface area (Å²) in [5, 5.41) is 10.7. The number of carbonyl (C=O) groups is 1. The molecule has 4 heteroatoms. The van der Waals surface area contributed by atoms with Crippen LogP contribution in [0.25, 0.3) is 16.7 Å². The average molecular weight is 376 g/mol. The van der Waals surface area contributed by atoms with Crippen LogP contribution in [0.3, 0.4) is 0 Å². The summed E-state index contributed by atoms with van der Waals surface area (Å²) in [5.74, 6) is -0.259. The first kappa shape index (κ1) is 18.7. The van der Waals surface area contributed by atoms with E-state index in [2.05, 4.69) is 0 Å². The number of carbonyl (C=O) groups excluding carboxylic acids is 1. The van der Waals surface area contributed by atoms with Gasteiger partial charge in [0.05, 0.1) is 19.1 Å². The number of hydrogen-bond donors (Lipinski definition) is 1. The molecular weight excluding hydrogens is 352 g/mol. The third kappa shape index (κ3) is 3.30. The molecule has 0 aromatic heterocycles. The van der Waals surface area contributed by atoms with Crippen LogP contribution in [0.4, 0.5) is 0 Å². The van der Waals surface area contributed by atoms with E-state index in [-0.39, 0.29) is 11.5 Å². The van der Waals surface area contributed by atoms with Gasteiger partial charge in [-0.25, -0.2) is 0 Å². The first-order valence-corrected chi connectivity index (χ1v) is 9.58. The molecule has 1 N–H and O–H groups in total. The summed E-state index contributed by atoms with van der Waals surface area (Å²) < 4.78 is 11.2. The lowest BCUT2D eigenvalue weighted by Crippen LogP contribution is -2.40. The third-order valence-electron chi connectivity index (χ3n) is 5.60.